The smallest absolute Gasteiger partial charge is 0.478 e. The summed E-state index contributed by atoms with van der Waals surface area (Å²) in [5.74, 6) is 1.55. The summed E-state index contributed by atoms with van der Waals surface area (Å²) >= 11 is 5.34. The zero-order valence-electron chi connectivity index (χ0n) is 54.9. The number of nitrogen functional groups attached to an aromatic ring is 1. The van der Waals surface area contributed by atoms with Gasteiger partial charge in [0.25, 0.3) is 26.1 Å². The maximum absolute atomic E-state index is 13.6. The number of dihydropyridines is 1. The number of hydrogen-bond acceptors (Lipinski definition) is 29. The molecule has 2 aromatic rings. The largest absolute Gasteiger partial charge is 0.490 e. The van der Waals surface area contributed by atoms with Gasteiger partial charge in [0.1, 0.15) is 17.9 Å². The summed E-state index contributed by atoms with van der Waals surface area (Å²) < 4.78 is 164. The van der Waals surface area contributed by atoms with Gasteiger partial charge in [0, 0.05) is 72.9 Å². The van der Waals surface area contributed by atoms with Crippen LogP contribution < -0.4 is 22.1 Å². The van der Waals surface area contributed by atoms with Gasteiger partial charge in [-0.1, -0.05) is 55.9 Å². The van der Waals surface area contributed by atoms with Crippen LogP contribution in [0.2, 0.25) is 0 Å². The van der Waals surface area contributed by atoms with Crippen LogP contribution in [0.5, 0.6) is 0 Å². The maximum Gasteiger partial charge on any atom is 0.490 e. The molecule has 0 spiro atoms. The van der Waals surface area contributed by atoms with E-state index in [1.54, 1.807) is 10.8 Å². The summed E-state index contributed by atoms with van der Waals surface area (Å²) in [7, 11) is -23.7. The van der Waals surface area contributed by atoms with Gasteiger partial charge in [-0.2, -0.15) is 30.4 Å². The van der Waals surface area contributed by atoms with Gasteiger partial charge in [0.15, 0.2) is 26.9 Å². The summed E-state index contributed by atoms with van der Waals surface area (Å²) in [6, 6.07) is 8.53. The second kappa shape index (κ2) is 38.7. The molecule has 3 aliphatic heterocycles. The number of rotatable bonds is 41. The van der Waals surface area contributed by atoms with E-state index in [2.05, 4.69) is 35.8 Å². The molecule has 4 aliphatic rings. The number of benzene rings is 3. The third kappa shape index (κ3) is 26.5. The first-order valence-electron chi connectivity index (χ1n) is 30.5. The quantitative estimate of drug-likeness (QED) is 0.00224. The number of aliphatic imine (C=N–C) groups is 1. The summed E-state index contributed by atoms with van der Waals surface area (Å²) in [5, 5.41) is 12.5. The number of alkyl carbamates (subject to hydrolysis) is 1. The third-order valence-corrected chi connectivity index (χ3v) is 25.2. The molecule has 6 rings (SSSR count). The number of esters is 1. The Morgan fingerprint density at radius 2 is 1.56 bits per heavy atom. The Hall–Kier alpha value is -5.45. The highest BCUT2D eigenvalue weighted by Crippen LogP contribution is 2.66. The number of carbonyl (C=O) groups is 5. The van der Waals surface area contributed by atoms with E-state index < -0.39 is 146 Å². The van der Waals surface area contributed by atoms with Gasteiger partial charge < -0.3 is 79.0 Å². The first kappa shape index (κ1) is 85.5. The van der Waals surface area contributed by atoms with E-state index in [1.807, 2.05) is 20.8 Å². The molecule has 35 nitrogen and oxygen atoms in total. The Morgan fingerprint density at radius 1 is 0.863 bits per heavy atom. The number of fused-ring (bicyclic) bond motifs is 2. The first-order chi connectivity index (χ1) is 47.8. The molecular weight excluding hydrogens is 1530 g/mol. The molecule has 1 aliphatic carbocycles. The van der Waals surface area contributed by atoms with Gasteiger partial charge in [-0.25, -0.2) is 23.3 Å². The van der Waals surface area contributed by atoms with Crippen LogP contribution >= 0.6 is 45.1 Å². The number of carboxylic acid groups (broad SMARTS) is 1. The highest BCUT2D eigenvalue weighted by Gasteiger charge is 2.46. The van der Waals surface area contributed by atoms with E-state index in [0.29, 0.717) is 37.6 Å². The molecule has 564 valence electrons. The van der Waals surface area contributed by atoms with E-state index in [4.69, 9.17) is 74.5 Å². The van der Waals surface area contributed by atoms with Crippen LogP contribution in [0.4, 0.5) is 10.5 Å². The molecular formula is C58H76N5O30P3S6. The molecule has 12 N–H and O–H groups in total. The zero-order valence-corrected chi connectivity index (χ0v) is 62.5. The SMILES string of the molecule is CCS(=S)CO[C@H]1C[C@H](C2C=C(C#CCCC(=O)OCCCCOCSSC(C)(C)CCOC(=O)NCCOCCOCCCC(=O)c3ccc(C(=O)O)c(-c4c5ccc(=NC)c(S(=O)(=O)O)c-5oc5c(S(=O)(=O)O)c(N)ccc45)c3)C(N)=NC2=O)O[C@@H]1COP(=O)(O)OP(=O)(O)OP(=O)(O)O. The predicted molar refractivity (Wildman–Crippen MR) is 374 cm³/mol. The Bertz CT molecular complexity index is 4310. The number of amidine groups is 1. The van der Waals surface area contributed by atoms with Crippen molar-refractivity contribution in [2.75, 3.05) is 89.8 Å². The first-order valence-corrected chi connectivity index (χ1v) is 42.7. The van der Waals surface area contributed by atoms with Crippen molar-refractivity contribution in [3.8, 4) is 34.3 Å². The molecule has 3 heterocycles. The minimum atomic E-state index is -5.80. The number of carboxylic acids is 1. The fourth-order valence-electron chi connectivity index (χ4n) is 9.72. The standard InChI is InChI=1S/C58H76N5O30P3S6/c1-5-100(97)34-88-46-31-45(90-47(46)32-89-95(73,74)93-96(75,76)92-94(70,71)72)41-30-36(54(60)63-55(41)66)11-6-7-13-48(65)86-24-9-8-22-85-33-98-99-58(2,3)20-25-87-57(69)62-21-26-84-28-27-83-23-10-12-44(64)35-14-15-37(56(67)68)40(29-35)49-38-16-18-42(59)52(101(77,78)79)50(38)91-51-39(49)17-19-43(61-4)53(51)102(80,81)82/h14-19,29-30,41,45-47H,5,7-10,12-13,20-28,31-34,59H2,1-4H3,(H,62,69)(H,67,68)(H,73,74)(H,75,76)(H2,60,63,66)(H2,70,71,72)(H,77,78,79)(H,80,81,82)/t41?,45-,46+,47-,100?/m1/s1. The molecule has 7 atom stereocenters. The summed E-state index contributed by atoms with van der Waals surface area (Å²) in [6.07, 6.45) is -0.482. The number of Topliss-reactive ketones (excluding diaryl/α,β-unsaturated/α-hetero) is 1. The zero-order chi connectivity index (χ0) is 75.4. The van der Waals surface area contributed by atoms with Crippen LogP contribution in [-0.4, -0.2) is 193 Å². The third-order valence-electron chi connectivity index (χ3n) is 14.5. The number of ether oxygens (including phenoxy) is 7. The number of hydrogen-bond donors (Lipinski definition) is 10. The summed E-state index contributed by atoms with van der Waals surface area (Å²) in [5.41, 5.74) is 10.1. The molecule has 1 fully saturated rings. The topological polar surface area (TPSA) is 541 Å². The normalized spacial score (nSPS) is 18.4. The Kier molecular flexibility index (Phi) is 32.4. The minimum absolute atomic E-state index is 0.00178. The number of nitrogens with zero attached hydrogens (tertiary/aromatic N) is 2. The van der Waals surface area contributed by atoms with Crippen LogP contribution in [0.3, 0.4) is 0 Å². The lowest BCUT2D eigenvalue weighted by Gasteiger charge is -2.22. The Morgan fingerprint density at radius 3 is 2.24 bits per heavy atom. The van der Waals surface area contributed by atoms with Crippen molar-refractivity contribution in [2.24, 2.45) is 21.6 Å². The average Bonchev–Trinajstić information content (AvgIpc) is 0.829. The van der Waals surface area contributed by atoms with E-state index in [0.717, 1.165) is 12.1 Å². The molecule has 44 heteroatoms. The van der Waals surface area contributed by atoms with Crippen molar-refractivity contribution >= 4 is 138 Å². The lowest BCUT2D eigenvalue weighted by molar-refractivity contribution is -0.143. The van der Waals surface area contributed by atoms with Crippen molar-refractivity contribution in [1.29, 1.82) is 0 Å². The van der Waals surface area contributed by atoms with E-state index in [-0.39, 0.29) is 133 Å². The summed E-state index contributed by atoms with van der Waals surface area (Å²) in [6.45, 7) is 6.37. The van der Waals surface area contributed by atoms with Crippen molar-refractivity contribution in [3.05, 3.63) is 70.6 Å². The highest BCUT2D eigenvalue weighted by molar-refractivity contribution is 8.77. The van der Waals surface area contributed by atoms with Crippen LogP contribution in [0, 0.1) is 17.8 Å². The van der Waals surface area contributed by atoms with Gasteiger partial charge >= 0.3 is 41.5 Å². The minimum Gasteiger partial charge on any atom is -0.478 e. The molecule has 0 saturated carbocycles. The van der Waals surface area contributed by atoms with E-state index in [1.165, 1.54) is 54.2 Å². The van der Waals surface area contributed by atoms with Gasteiger partial charge in [0.2, 0.25) is 0 Å². The molecule has 2 aromatic carbocycles. The lowest BCUT2D eigenvalue weighted by atomic mass is 9.88. The monoisotopic (exact) mass is 1610 g/mol. The molecule has 1 saturated heterocycles. The van der Waals surface area contributed by atoms with Gasteiger partial charge in [0.05, 0.1) is 92.3 Å². The number of nitrogens with one attached hydrogen (secondary N) is 1. The fourth-order valence-corrected chi connectivity index (χ4v) is 17.2. The van der Waals surface area contributed by atoms with Crippen LogP contribution in [0.25, 0.3) is 33.4 Å². The maximum atomic E-state index is 13.6. The fraction of sp³-hybridized carbons (Fsp3) is 0.500. The molecule has 4 unspecified atom stereocenters. The van der Waals surface area contributed by atoms with Gasteiger partial charge in [-0.05, 0) is 105 Å². The number of anilines is 1. The van der Waals surface area contributed by atoms with Gasteiger partial charge in [-0.3, -0.25) is 33.0 Å². The molecule has 0 bridgehead atoms. The number of ketones is 1. The van der Waals surface area contributed by atoms with Crippen molar-refractivity contribution < 1.29 is 139 Å². The molecule has 2 amide bonds. The van der Waals surface area contributed by atoms with E-state index >= 15 is 0 Å². The van der Waals surface area contributed by atoms with Crippen LogP contribution in [0.15, 0.2) is 78.3 Å². The molecule has 102 heavy (non-hydrogen) atoms. The second-order valence-electron chi connectivity index (χ2n) is 22.5. The number of carbonyl (C=O) groups excluding carboxylic acids is 4. The highest BCUT2D eigenvalue weighted by atomic mass is 33.1. The number of nitrogens with two attached hydrogens (primary N) is 2. The average molecular weight is 1610 g/mol. The number of phosphoric acid groups is 3. The lowest BCUT2D eigenvalue weighted by Crippen LogP contribution is -2.33. The molecule has 0 aromatic heterocycles. The second-order valence-corrected chi connectivity index (χ2v) is 35.7. The molecule has 0 radical (unpaired) electrons. The summed E-state index contributed by atoms with van der Waals surface area (Å²) in [4.78, 5) is 107. The van der Waals surface area contributed by atoms with Crippen molar-refractivity contribution in [2.45, 2.75) is 105 Å². The Balaban J connectivity index is 0.816. The van der Waals surface area contributed by atoms with Crippen LogP contribution in [0.1, 0.15) is 92.9 Å². The number of unbranched alkanes of at least 4 members (excludes halogenated alkanes) is 1. The van der Waals surface area contributed by atoms with Gasteiger partial charge in [-0.15, -0.1) is 0 Å². The van der Waals surface area contributed by atoms with E-state index in [9.17, 15) is 78.5 Å². The number of amides is 2. The van der Waals surface area contributed by atoms with Crippen molar-refractivity contribution in [1.82, 2.24) is 5.32 Å². The number of aromatic carboxylic acids is 1. The number of phosphoric ester groups is 1. The van der Waals surface area contributed by atoms with Crippen LogP contribution in [-0.2, 0) is 110 Å². The van der Waals surface area contributed by atoms with Crippen molar-refractivity contribution in [3.63, 3.8) is 0 Å². The Labute approximate surface area is 600 Å². The predicted octanol–water partition coefficient (Wildman–Crippen LogP) is 6.25.